The van der Waals surface area contributed by atoms with Crippen molar-refractivity contribution in [3.8, 4) is 5.75 Å². The molecule has 0 spiro atoms. The number of aryl methyl sites for hydroxylation is 1. The highest BCUT2D eigenvalue weighted by atomic mass is 16.3. The van der Waals surface area contributed by atoms with Gasteiger partial charge in [-0.25, -0.2) is 0 Å². The number of likely N-dealkylation sites (N-methyl/N-ethyl adjacent to an activating group) is 2. The first kappa shape index (κ1) is 15.5. The summed E-state index contributed by atoms with van der Waals surface area (Å²) < 4.78 is 0. The quantitative estimate of drug-likeness (QED) is 0.886. The van der Waals surface area contributed by atoms with Crippen LogP contribution in [0.15, 0.2) is 18.2 Å². The molecular weight excluding hydrogens is 240 g/mol. The third-order valence-corrected chi connectivity index (χ3v) is 3.42. The Labute approximate surface area is 115 Å². The van der Waals surface area contributed by atoms with Crippen LogP contribution in [-0.4, -0.2) is 48.0 Å². The number of rotatable bonds is 5. The predicted octanol–water partition coefficient (Wildman–Crippen LogP) is 2.17. The fourth-order valence-corrected chi connectivity index (χ4v) is 2.04. The molecule has 19 heavy (non-hydrogen) atoms. The average Bonchev–Trinajstić information content (AvgIpc) is 2.37. The third-order valence-electron chi connectivity index (χ3n) is 3.42. The van der Waals surface area contributed by atoms with Crippen molar-refractivity contribution in [3.63, 3.8) is 0 Å². The van der Waals surface area contributed by atoms with Gasteiger partial charge in [0.2, 0.25) is 5.91 Å². The highest BCUT2D eigenvalue weighted by Gasteiger charge is 2.20. The van der Waals surface area contributed by atoms with Crippen LogP contribution in [0.3, 0.4) is 0 Å². The predicted molar refractivity (Wildman–Crippen MR) is 77.2 cm³/mol. The Morgan fingerprint density at radius 2 is 2.00 bits per heavy atom. The van der Waals surface area contributed by atoms with Crippen molar-refractivity contribution in [2.45, 2.75) is 26.8 Å². The lowest BCUT2D eigenvalue weighted by molar-refractivity contribution is -0.130. The zero-order chi connectivity index (χ0) is 14.6. The van der Waals surface area contributed by atoms with Crippen LogP contribution < -0.4 is 0 Å². The van der Waals surface area contributed by atoms with Crippen molar-refractivity contribution < 1.29 is 9.90 Å². The van der Waals surface area contributed by atoms with E-state index in [0.29, 0.717) is 6.54 Å². The van der Waals surface area contributed by atoms with Gasteiger partial charge in [0.15, 0.2) is 0 Å². The molecule has 106 valence electrons. The van der Waals surface area contributed by atoms with Crippen LogP contribution in [0.2, 0.25) is 0 Å². The van der Waals surface area contributed by atoms with Crippen LogP contribution in [0.25, 0.3) is 0 Å². The number of nitrogens with zero attached hydrogens (tertiary/aromatic N) is 2. The molecule has 0 saturated heterocycles. The molecule has 0 heterocycles. The van der Waals surface area contributed by atoms with E-state index in [9.17, 15) is 9.90 Å². The lowest BCUT2D eigenvalue weighted by atomic mass is 10.0. The maximum Gasteiger partial charge on any atom is 0.236 e. The standard InChI is InChI=1S/C15H24N2O2/c1-6-17(10-15(19)16(4)5)12(3)13-9-11(2)7-8-14(13)18/h7-9,12,18H,6,10H2,1-5H3. The van der Waals surface area contributed by atoms with Gasteiger partial charge in [0, 0.05) is 25.7 Å². The van der Waals surface area contributed by atoms with Gasteiger partial charge in [0.1, 0.15) is 5.75 Å². The molecule has 0 saturated carbocycles. The van der Waals surface area contributed by atoms with Crippen LogP contribution in [0.5, 0.6) is 5.75 Å². The molecule has 1 aromatic rings. The van der Waals surface area contributed by atoms with E-state index in [0.717, 1.165) is 17.7 Å². The Morgan fingerprint density at radius 1 is 1.37 bits per heavy atom. The topological polar surface area (TPSA) is 43.8 Å². The second-order valence-electron chi connectivity index (χ2n) is 5.09. The molecule has 1 unspecified atom stereocenters. The van der Waals surface area contributed by atoms with Crippen LogP contribution >= 0.6 is 0 Å². The van der Waals surface area contributed by atoms with Crippen molar-refractivity contribution >= 4 is 5.91 Å². The summed E-state index contributed by atoms with van der Waals surface area (Å²) in [5.41, 5.74) is 1.98. The molecule has 0 bridgehead atoms. The number of hydrogen-bond acceptors (Lipinski definition) is 3. The summed E-state index contributed by atoms with van der Waals surface area (Å²) in [5.74, 6) is 0.356. The summed E-state index contributed by atoms with van der Waals surface area (Å²) in [4.78, 5) is 15.5. The monoisotopic (exact) mass is 264 g/mol. The van der Waals surface area contributed by atoms with Gasteiger partial charge in [-0.2, -0.15) is 0 Å². The lowest BCUT2D eigenvalue weighted by Crippen LogP contribution is -2.38. The van der Waals surface area contributed by atoms with E-state index in [2.05, 4.69) is 4.90 Å². The zero-order valence-corrected chi connectivity index (χ0v) is 12.5. The molecule has 0 aliphatic carbocycles. The molecule has 1 amide bonds. The Hall–Kier alpha value is -1.55. The number of phenols is 1. The molecule has 4 heteroatoms. The summed E-state index contributed by atoms with van der Waals surface area (Å²) in [5, 5.41) is 9.97. The summed E-state index contributed by atoms with van der Waals surface area (Å²) in [7, 11) is 3.51. The molecule has 1 aromatic carbocycles. The highest BCUT2D eigenvalue weighted by Crippen LogP contribution is 2.29. The van der Waals surface area contributed by atoms with Gasteiger partial charge in [0.05, 0.1) is 6.54 Å². The number of aromatic hydroxyl groups is 1. The fourth-order valence-electron chi connectivity index (χ4n) is 2.04. The zero-order valence-electron chi connectivity index (χ0n) is 12.5. The molecule has 0 aliphatic heterocycles. The molecular formula is C15H24N2O2. The van der Waals surface area contributed by atoms with Crippen LogP contribution in [-0.2, 0) is 4.79 Å². The van der Waals surface area contributed by atoms with E-state index in [1.807, 2.05) is 32.9 Å². The highest BCUT2D eigenvalue weighted by molar-refractivity contribution is 5.77. The Balaban J connectivity index is 2.92. The van der Waals surface area contributed by atoms with Gasteiger partial charge in [-0.1, -0.05) is 24.6 Å². The van der Waals surface area contributed by atoms with E-state index >= 15 is 0 Å². The second-order valence-corrected chi connectivity index (χ2v) is 5.09. The van der Waals surface area contributed by atoms with Crippen molar-refractivity contribution in [2.24, 2.45) is 0 Å². The second kappa shape index (κ2) is 6.57. The van der Waals surface area contributed by atoms with Crippen LogP contribution in [0.4, 0.5) is 0 Å². The molecule has 0 radical (unpaired) electrons. The summed E-state index contributed by atoms with van der Waals surface area (Å²) in [6.45, 7) is 7.15. The average molecular weight is 264 g/mol. The molecule has 1 atom stereocenters. The minimum Gasteiger partial charge on any atom is -0.508 e. The fraction of sp³-hybridized carbons (Fsp3) is 0.533. The van der Waals surface area contributed by atoms with E-state index in [-0.39, 0.29) is 17.7 Å². The number of phenolic OH excluding ortho intramolecular Hbond substituents is 1. The minimum atomic E-state index is 0.00815. The maximum atomic E-state index is 11.8. The largest absolute Gasteiger partial charge is 0.508 e. The number of carbonyl (C=O) groups is 1. The van der Waals surface area contributed by atoms with E-state index in [1.54, 1.807) is 25.1 Å². The van der Waals surface area contributed by atoms with Crippen LogP contribution in [0.1, 0.15) is 31.0 Å². The lowest BCUT2D eigenvalue weighted by Gasteiger charge is -2.29. The van der Waals surface area contributed by atoms with Gasteiger partial charge in [0.25, 0.3) is 0 Å². The first-order valence-electron chi connectivity index (χ1n) is 6.60. The van der Waals surface area contributed by atoms with Crippen molar-refractivity contribution in [3.05, 3.63) is 29.3 Å². The molecule has 0 aromatic heterocycles. The Bertz CT molecular complexity index is 444. The minimum absolute atomic E-state index is 0.00815. The molecule has 1 N–H and O–H groups in total. The maximum absolute atomic E-state index is 11.8. The van der Waals surface area contributed by atoms with E-state index in [4.69, 9.17) is 0 Å². The van der Waals surface area contributed by atoms with Crippen molar-refractivity contribution in [2.75, 3.05) is 27.2 Å². The molecule has 4 nitrogen and oxygen atoms in total. The van der Waals surface area contributed by atoms with E-state index in [1.165, 1.54) is 0 Å². The molecule has 0 aliphatic rings. The van der Waals surface area contributed by atoms with Crippen molar-refractivity contribution in [1.82, 2.24) is 9.80 Å². The number of benzene rings is 1. The van der Waals surface area contributed by atoms with Gasteiger partial charge < -0.3 is 10.0 Å². The third kappa shape index (κ3) is 3.96. The number of hydrogen-bond donors (Lipinski definition) is 1. The smallest absolute Gasteiger partial charge is 0.236 e. The van der Waals surface area contributed by atoms with E-state index < -0.39 is 0 Å². The summed E-state index contributed by atoms with van der Waals surface area (Å²) >= 11 is 0. The summed E-state index contributed by atoms with van der Waals surface area (Å²) in [6, 6.07) is 5.58. The van der Waals surface area contributed by atoms with Gasteiger partial charge >= 0.3 is 0 Å². The van der Waals surface area contributed by atoms with Gasteiger partial charge in [-0.3, -0.25) is 9.69 Å². The normalized spacial score (nSPS) is 12.5. The number of carbonyl (C=O) groups excluding carboxylic acids is 1. The Kier molecular flexibility index (Phi) is 5.36. The number of amides is 1. The van der Waals surface area contributed by atoms with Crippen LogP contribution in [0, 0.1) is 6.92 Å². The first-order valence-corrected chi connectivity index (χ1v) is 6.60. The molecule has 1 rings (SSSR count). The molecule has 0 fully saturated rings. The Morgan fingerprint density at radius 3 is 2.53 bits per heavy atom. The van der Waals surface area contributed by atoms with Gasteiger partial charge in [-0.05, 0) is 26.5 Å². The first-order chi connectivity index (χ1) is 8.86. The summed E-state index contributed by atoms with van der Waals surface area (Å²) in [6.07, 6.45) is 0. The van der Waals surface area contributed by atoms with Crippen molar-refractivity contribution in [1.29, 1.82) is 0 Å². The van der Waals surface area contributed by atoms with Gasteiger partial charge in [-0.15, -0.1) is 0 Å². The SMILES string of the molecule is CCN(CC(=O)N(C)C)C(C)c1cc(C)ccc1O.